The highest BCUT2D eigenvalue weighted by Crippen LogP contribution is 2.10. The molecule has 0 heterocycles. The number of esters is 2. The Morgan fingerprint density at radius 3 is 1.65 bits per heavy atom. The van der Waals surface area contributed by atoms with Crippen LogP contribution >= 0.6 is 0 Å². The predicted octanol–water partition coefficient (Wildman–Crippen LogP) is 3.81. The minimum atomic E-state index is -0.455. The number of hydrogen-bond acceptors (Lipinski definition) is 5. The van der Waals surface area contributed by atoms with E-state index >= 15 is 0 Å². The Morgan fingerprint density at radius 2 is 1.42 bits per heavy atom. The number of hydrogen-bond donors (Lipinski definition) is 1. The second-order valence-corrected chi connectivity index (χ2v) is 4.95. The second kappa shape index (κ2) is 15.6. The summed E-state index contributed by atoms with van der Waals surface area (Å²) in [5, 5.41) is 8.19. The molecule has 5 heteroatoms. The van der Waals surface area contributed by atoms with Gasteiger partial charge < -0.3 is 14.6 Å². The summed E-state index contributed by atoms with van der Waals surface area (Å²) in [6, 6.07) is 8.02. The van der Waals surface area contributed by atoms with E-state index in [0.717, 1.165) is 11.1 Å². The number of carbonyl (C=O) groups excluding carboxylic acids is 2. The highest BCUT2D eigenvalue weighted by Gasteiger charge is 1.99. The summed E-state index contributed by atoms with van der Waals surface area (Å²) >= 11 is 0. The zero-order valence-corrected chi connectivity index (χ0v) is 15.8. The van der Waals surface area contributed by atoms with Gasteiger partial charge in [0.15, 0.2) is 0 Å². The Labute approximate surface area is 156 Å². The Hall–Kier alpha value is -2.92. The average molecular weight is 360 g/mol. The summed E-state index contributed by atoms with van der Waals surface area (Å²) in [5.74, 6) is -0.802. The first-order valence-corrected chi connectivity index (χ1v) is 7.76. The fourth-order valence-corrected chi connectivity index (χ4v) is 1.32. The van der Waals surface area contributed by atoms with Gasteiger partial charge in [0.1, 0.15) is 6.61 Å². The number of ether oxygens (including phenoxy) is 2. The zero-order valence-electron chi connectivity index (χ0n) is 15.8. The molecule has 0 saturated carbocycles. The van der Waals surface area contributed by atoms with Gasteiger partial charge in [0.25, 0.3) is 0 Å². The molecule has 0 amide bonds. The maximum absolute atomic E-state index is 10.5. The highest BCUT2D eigenvalue weighted by molar-refractivity contribution is 5.87. The summed E-state index contributed by atoms with van der Waals surface area (Å²) in [6.07, 6.45) is 3.66. The number of rotatable bonds is 6. The molecule has 5 nitrogen and oxygen atoms in total. The van der Waals surface area contributed by atoms with Crippen molar-refractivity contribution in [2.75, 3.05) is 20.3 Å². The topological polar surface area (TPSA) is 72.8 Å². The molecule has 0 atom stereocenters. The Kier molecular flexibility index (Phi) is 15.2. The van der Waals surface area contributed by atoms with E-state index in [1.54, 1.807) is 13.8 Å². The van der Waals surface area contributed by atoms with E-state index in [9.17, 15) is 9.59 Å². The van der Waals surface area contributed by atoms with E-state index in [1.807, 2.05) is 36.4 Å². The smallest absolute Gasteiger partial charge is 0.333 e. The van der Waals surface area contributed by atoms with Gasteiger partial charge >= 0.3 is 11.9 Å². The lowest BCUT2D eigenvalue weighted by atomic mass is 10.1. The Balaban J connectivity index is 0. The molecule has 0 radical (unpaired) electrons. The van der Waals surface area contributed by atoms with Gasteiger partial charge in [-0.1, -0.05) is 62.7 Å². The third kappa shape index (κ3) is 12.5. The first-order chi connectivity index (χ1) is 12.2. The molecular weight excluding hydrogens is 332 g/mol. The minimum Gasteiger partial charge on any atom is -0.466 e. The number of aliphatic hydroxyl groups is 1. The van der Waals surface area contributed by atoms with Crippen LogP contribution in [0.15, 0.2) is 61.7 Å². The van der Waals surface area contributed by atoms with Crippen molar-refractivity contribution in [1.82, 2.24) is 0 Å². The molecule has 0 spiro atoms. The van der Waals surface area contributed by atoms with Crippen LogP contribution in [0.2, 0.25) is 0 Å². The van der Waals surface area contributed by atoms with Crippen LogP contribution in [0, 0.1) is 0 Å². The molecule has 0 saturated heterocycles. The lowest BCUT2D eigenvalue weighted by molar-refractivity contribution is -0.140. The summed E-state index contributed by atoms with van der Waals surface area (Å²) < 4.78 is 8.74. The molecule has 0 unspecified atom stereocenters. The highest BCUT2D eigenvalue weighted by atomic mass is 16.5. The van der Waals surface area contributed by atoms with Crippen molar-refractivity contribution in [2.24, 2.45) is 0 Å². The van der Waals surface area contributed by atoms with E-state index in [-0.39, 0.29) is 19.2 Å². The van der Waals surface area contributed by atoms with Crippen LogP contribution in [0.25, 0.3) is 12.2 Å². The Bertz CT molecular complexity index is 602. The normalized spacial score (nSPS) is 8.46. The standard InChI is InChI=1S/C10H10.C6H10O3.C5H8O2/c1-3-9-7-5-6-8-10(9)4-2;1-5(2)6(8)9-4-3-7;1-4(2)5(6)7-3/h3-8H,1-2H2;7H,1,3-4H2,2H3;1H2,2-3H3. The summed E-state index contributed by atoms with van der Waals surface area (Å²) in [6.45, 7) is 17.2. The molecule has 1 N–H and O–H groups in total. The van der Waals surface area contributed by atoms with E-state index in [0.29, 0.717) is 11.1 Å². The third-order valence-electron chi connectivity index (χ3n) is 2.64. The van der Waals surface area contributed by atoms with E-state index < -0.39 is 5.97 Å². The van der Waals surface area contributed by atoms with Crippen LogP contribution in [-0.4, -0.2) is 37.4 Å². The fourth-order valence-electron chi connectivity index (χ4n) is 1.32. The molecule has 1 aromatic carbocycles. The van der Waals surface area contributed by atoms with Gasteiger partial charge in [0, 0.05) is 11.1 Å². The predicted molar refractivity (Wildman–Crippen MR) is 106 cm³/mol. The van der Waals surface area contributed by atoms with Crippen LogP contribution < -0.4 is 0 Å². The van der Waals surface area contributed by atoms with Gasteiger partial charge in [-0.3, -0.25) is 0 Å². The van der Waals surface area contributed by atoms with Gasteiger partial charge in [-0.05, 0) is 25.0 Å². The lowest BCUT2D eigenvalue weighted by Gasteiger charge is -1.99. The van der Waals surface area contributed by atoms with Crippen LogP contribution in [0.3, 0.4) is 0 Å². The third-order valence-corrected chi connectivity index (χ3v) is 2.64. The molecule has 0 bridgehead atoms. The van der Waals surface area contributed by atoms with Gasteiger partial charge in [0.05, 0.1) is 13.7 Å². The van der Waals surface area contributed by atoms with Crippen LogP contribution in [0.4, 0.5) is 0 Å². The van der Waals surface area contributed by atoms with Gasteiger partial charge in [-0.2, -0.15) is 0 Å². The van der Waals surface area contributed by atoms with Crippen molar-refractivity contribution in [3.8, 4) is 0 Å². The van der Waals surface area contributed by atoms with Crippen LogP contribution in [-0.2, 0) is 19.1 Å². The van der Waals surface area contributed by atoms with Crippen molar-refractivity contribution >= 4 is 24.1 Å². The largest absolute Gasteiger partial charge is 0.466 e. The maximum atomic E-state index is 10.5. The first-order valence-electron chi connectivity index (χ1n) is 7.76. The van der Waals surface area contributed by atoms with Gasteiger partial charge in [-0.25, -0.2) is 9.59 Å². The molecule has 0 aliphatic carbocycles. The van der Waals surface area contributed by atoms with Crippen molar-refractivity contribution in [3.05, 3.63) is 72.9 Å². The maximum Gasteiger partial charge on any atom is 0.333 e. The van der Waals surface area contributed by atoms with Gasteiger partial charge in [0.2, 0.25) is 0 Å². The van der Waals surface area contributed by atoms with Crippen molar-refractivity contribution in [1.29, 1.82) is 0 Å². The van der Waals surface area contributed by atoms with Crippen LogP contribution in [0.1, 0.15) is 25.0 Å². The molecule has 0 aromatic heterocycles. The SMILES string of the molecule is C=C(C)C(=O)OC.C=C(C)C(=O)OCCO.C=Cc1ccccc1C=C. The average Bonchev–Trinajstić information content (AvgIpc) is 2.65. The molecule has 0 aliphatic rings. The number of methoxy groups -OCH3 is 1. The molecule has 1 rings (SSSR count). The van der Waals surface area contributed by atoms with Crippen molar-refractivity contribution in [3.63, 3.8) is 0 Å². The van der Waals surface area contributed by atoms with Crippen molar-refractivity contribution in [2.45, 2.75) is 13.8 Å². The monoisotopic (exact) mass is 360 g/mol. The molecule has 1 aromatic rings. The molecule has 0 fully saturated rings. The minimum absolute atomic E-state index is 0.0473. The number of carbonyl (C=O) groups is 2. The summed E-state index contributed by atoms with van der Waals surface area (Å²) in [5.41, 5.74) is 3.06. The van der Waals surface area contributed by atoms with Crippen molar-refractivity contribution < 1.29 is 24.2 Å². The molecule has 26 heavy (non-hydrogen) atoms. The zero-order chi connectivity index (χ0) is 20.5. The molecule has 142 valence electrons. The number of benzene rings is 1. The van der Waals surface area contributed by atoms with E-state index in [1.165, 1.54) is 7.11 Å². The Morgan fingerprint density at radius 1 is 1.00 bits per heavy atom. The summed E-state index contributed by atoms with van der Waals surface area (Å²) in [4.78, 5) is 20.7. The number of aliphatic hydroxyl groups excluding tert-OH is 1. The second-order valence-electron chi connectivity index (χ2n) is 4.95. The van der Waals surface area contributed by atoms with Gasteiger partial charge in [-0.15, -0.1) is 0 Å². The van der Waals surface area contributed by atoms with Crippen LogP contribution in [0.5, 0.6) is 0 Å². The molecular formula is C21H28O5. The quantitative estimate of drug-likeness (QED) is 0.617. The summed E-state index contributed by atoms with van der Waals surface area (Å²) in [7, 11) is 1.33. The first kappa shape index (κ1) is 25.3. The van der Waals surface area contributed by atoms with E-state index in [4.69, 9.17) is 5.11 Å². The van der Waals surface area contributed by atoms with E-state index in [2.05, 4.69) is 35.8 Å². The molecule has 0 aliphatic heterocycles. The fraction of sp³-hybridized carbons (Fsp3) is 0.238. The lowest BCUT2D eigenvalue weighted by Crippen LogP contribution is -2.08.